The summed E-state index contributed by atoms with van der Waals surface area (Å²) in [4.78, 5) is 10.9. The van der Waals surface area contributed by atoms with Crippen molar-refractivity contribution in [2.45, 2.75) is 20.3 Å². The van der Waals surface area contributed by atoms with Gasteiger partial charge in [0.2, 0.25) is 0 Å². The third kappa shape index (κ3) is 2.93. The van der Waals surface area contributed by atoms with Gasteiger partial charge < -0.3 is 10.3 Å². The minimum atomic E-state index is 0.623. The molecule has 0 bridgehead atoms. The third-order valence-electron chi connectivity index (χ3n) is 3.32. The molecule has 0 unspecified atom stereocenters. The first-order chi connectivity index (χ1) is 10.1. The quantitative estimate of drug-likeness (QED) is 0.660. The lowest BCUT2D eigenvalue weighted by Crippen LogP contribution is -2.18. The van der Waals surface area contributed by atoms with Crippen LogP contribution in [0.3, 0.4) is 0 Å². The molecule has 0 aliphatic rings. The zero-order valence-electron chi connectivity index (χ0n) is 12.4. The fraction of sp³-hybridized carbons (Fsp3) is 0.267. The van der Waals surface area contributed by atoms with Gasteiger partial charge >= 0.3 is 0 Å². The molecule has 6 nitrogen and oxygen atoms in total. The summed E-state index contributed by atoms with van der Waals surface area (Å²) < 4.78 is 0. The first-order valence-electron chi connectivity index (χ1n) is 6.68. The Morgan fingerprint density at radius 2 is 1.95 bits per heavy atom. The van der Waals surface area contributed by atoms with E-state index in [4.69, 9.17) is 11.1 Å². The summed E-state index contributed by atoms with van der Waals surface area (Å²) in [6, 6.07) is 9.46. The highest BCUT2D eigenvalue weighted by molar-refractivity contribution is 5.67. The summed E-state index contributed by atoms with van der Waals surface area (Å²) in [6.07, 6.45) is 0.725. The van der Waals surface area contributed by atoms with Gasteiger partial charge in [-0.25, -0.2) is 15.8 Å². The summed E-state index contributed by atoms with van der Waals surface area (Å²) in [5, 5.41) is 8.86. The van der Waals surface area contributed by atoms with Crippen molar-refractivity contribution < 1.29 is 0 Å². The molecule has 108 valence electrons. The molecule has 21 heavy (non-hydrogen) atoms. The molecule has 0 aliphatic heterocycles. The molecular formula is C15H18N6. The van der Waals surface area contributed by atoms with Crippen LogP contribution in [0.1, 0.15) is 23.9 Å². The number of hydrazine groups is 1. The van der Waals surface area contributed by atoms with Gasteiger partial charge in [0.25, 0.3) is 0 Å². The average Bonchev–Trinajstić information content (AvgIpc) is 2.54. The van der Waals surface area contributed by atoms with E-state index in [1.54, 1.807) is 12.1 Å². The minimum absolute atomic E-state index is 0.623. The number of nitrogens with zero attached hydrogens (tertiary/aromatic N) is 4. The Labute approximate surface area is 124 Å². The van der Waals surface area contributed by atoms with Gasteiger partial charge in [-0.1, -0.05) is 6.92 Å². The fourth-order valence-corrected chi connectivity index (χ4v) is 2.06. The van der Waals surface area contributed by atoms with Gasteiger partial charge in [0.05, 0.1) is 11.6 Å². The summed E-state index contributed by atoms with van der Waals surface area (Å²) in [5.74, 6) is 7.66. The zero-order chi connectivity index (χ0) is 15.4. The highest BCUT2D eigenvalue weighted by Crippen LogP contribution is 2.28. The Hall–Kier alpha value is -2.65. The average molecular weight is 282 g/mol. The van der Waals surface area contributed by atoms with Crippen molar-refractivity contribution in [3.8, 4) is 6.07 Å². The lowest BCUT2D eigenvalue weighted by molar-refractivity contribution is 0.913. The lowest BCUT2D eigenvalue weighted by Gasteiger charge is -2.22. The molecular weight excluding hydrogens is 264 g/mol. The van der Waals surface area contributed by atoms with Crippen LogP contribution in [0.15, 0.2) is 24.3 Å². The normalized spacial score (nSPS) is 10.0. The molecule has 0 fully saturated rings. The molecule has 0 saturated carbocycles. The van der Waals surface area contributed by atoms with Gasteiger partial charge in [-0.15, -0.1) is 0 Å². The van der Waals surface area contributed by atoms with E-state index < -0.39 is 0 Å². The standard InChI is InChI=1S/C15H18N6/c1-4-13-18-14(20-17)10(2)15(19-13)21(3)12-7-5-11(9-16)6-8-12/h5-8H,4,17H2,1-3H3,(H,18,19,20). The number of nitrogens with two attached hydrogens (primary N) is 1. The maximum absolute atomic E-state index is 8.86. The van der Waals surface area contributed by atoms with Crippen LogP contribution in [-0.2, 0) is 6.42 Å². The van der Waals surface area contributed by atoms with Gasteiger partial charge in [-0.05, 0) is 31.2 Å². The van der Waals surface area contributed by atoms with Gasteiger partial charge in [0.15, 0.2) is 0 Å². The van der Waals surface area contributed by atoms with Crippen molar-refractivity contribution in [2.24, 2.45) is 5.84 Å². The zero-order valence-corrected chi connectivity index (χ0v) is 12.4. The fourth-order valence-electron chi connectivity index (χ4n) is 2.06. The molecule has 0 atom stereocenters. The van der Waals surface area contributed by atoms with Crippen LogP contribution in [0.4, 0.5) is 17.3 Å². The van der Waals surface area contributed by atoms with Gasteiger partial charge in [0, 0.05) is 24.7 Å². The second kappa shape index (κ2) is 6.20. The number of aryl methyl sites for hydroxylation is 1. The van der Waals surface area contributed by atoms with E-state index in [0.29, 0.717) is 11.4 Å². The van der Waals surface area contributed by atoms with Crippen LogP contribution >= 0.6 is 0 Å². The van der Waals surface area contributed by atoms with Crippen LogP contribution in [0.5, 0.6) is 0 Å². The molecule has 0 radical (unpaired) electrons. The predicted molar refractivity (Wildman–Crippen MR) is 83.2 cm³/mol. The van der Waals surface area contributed by atoms with Crippen LogP contribution in [0.2, 0.25) is 0 Å². The van der Waals surface area contributed by atoms with Gasteiger partial charge in [-0.3, -0.25) is 0 Å². The number of rotatable bonds is 4. The summed E-state index contributed by atoms with van der Waals surface area (Å²) in [7, 11) is 1.93. The number of nitriles is 1. The number of nitrogen functional groups attached to an aromatic ring is 1. The molecule has 6 heteroatoms. The first-order valence-corrected chi connectivity index (χ1v) is 6.68. The van der Waals surface area contributed by atoms with Crippen LogP contribution in [0.25, 0.3) is 0 Å². The summed E-state index contributed by atoms with van der Waals surface area (Å²) in [5.41, 5.74) is 5.07. The van der Waals surface area contributed by atoms with Gasteiger partial charge in [-0.2, -0.15) is 5.26 Å². The van der Waals surface area contributed by atoms with E-state index in [-0.39, 0.29) is 0 Å². The summed E-state index contributed by atoms with van der Waals surface area (Å²) in [6.45, 7) is 3.92. The number of hydrogen-bond acceptors (Lipinski definition) is 6. The first kappa shape index (κ1) is 14.8. The number of anilines is 3. The molecule has 1 heterocycles. The number of aromatic nitrogens is 2. The smallest absolute Gasteiger partial charge is 0.148 e. The van der Waals surface area contributed by atoms with Crippen molar-refractivity contribution in [1.29, 1.82) is 5.26 Å². The molecule has 3 N–H and O–H groups in total. The Kier molecular flexibility index (Phi) is 4.36. The Balaban J connectivity index is 2.46. The molecule has 2 aromatic rings. The van der Waals surface area contributed by atoms with E-state index in [2.05, 4.69) is 21.5 Å². The Morgan fingerprint density at radius 1 is 1.29 bits per heavy atom. The molecule has 0 amide bonds. The Morgan fingerprint density at radius 3 is 2.48 bits per heavy atom. The topological polar surface area (TPSA) is 90.9 Å². The van der Waals surface area contributed by atoms with Crippen molar-refractivity contribution in [2.75, 3.05) is 17.4 Å². The van der Waals surface area contributed by atoms with Crippen molar-refractivity contribution in [1.82, 2.24) is 9.97 Å². The highest BCUT2D eigenvalue weighted by atomic mass is 15.3. The highest BCUT2D eigenvalue weighted by Gasteiger charge is 2.14. The van der Waals surface area contributed by atoms with Crippen molar-refractivity contribution in [3.05, 3.63) is 41.2 Å². The lowest BCUT2D eigenvalue weighted by atomic mass is 10.2. The van der Waals surface area contributed by atoms with Crippen molar-refractivity contribution in [3.63, 3.8) is 0 Å². The van der Waals surface area contributed by atoms with E-state index in [9.17, 15) is 0 Å². The number of nitrogens with one attached hydrogen (secondary N) is 1. The largest absolute Gasteiger partial charge is 0.329 e. The minimum Gasteiger partial charge on any atom is -0.329 e. The molecule has 2 rings (SSSR count). The monoisotopic (exact) mass is 282 g/mol. The van der Waals surface area contributed by atoms with Gasteiger partial charge in [0.1, 0.15) is 17.5 Å². The number of hydrogen-bond donors (Lipinski definition) is 2. The molecule has 0 saturated heterocycles. The predicted octanol–water partition coefficient (Wildman–Crippen LogP) is 2.27. The summed E-state index contributed by atoms with van der Waals surface area (Å²) >= 11 is 0. The van der Waals surface area contributed by atoms with Crippen molar-refractivity contribution >= 4 is 17.3 Å². The second-order valence-electron chi connectivity index (χ2n) is 4.65. The maximum atomic E-state index is 8.86. The third-order valence-corrected chi connectivity index (χ3v) is 3.32. The van der Waals surface area contributed by atoms with E-state index >= 15 is 0 Å². The molecule has 1 aromatic heterocycles. The Bertz CT molecular complexity index is 672. The molecule has 1 aromatic carbocycles. The van der Waals surface area contributed by atoms with Crippen LogP contribution < -0.4 is 16.2 Å². The van der Waals surface area contributed by atoms with Crippen LogP contribution in [0, 0.1) is 18.3 Å². The van der Waals surface area contributed by atoms with E-state index in [0.717, 1.165) is 29.3 Å². The van der Waals surface area contributed by atoms with E-state index in [1.165, 1.54) is 0 Å². The number of benzene rings is 1. The second-order valence-corrected chi connectivity index (χ2v) is 4.65. The van der Waals surface area contributed by atoms with E-state index in [1.807, 2.05) is 37.9 Å². The maximum Gasteiger partial charge on any atom is 0.148 e. The SMILES string of the molecule is CCc1nc(NN)c(C)c(N(C)c2ccc(C#N)cc2)n1. The molecule has 0 spiro atoms. The molecule has 0 aliphatic carbocycles. The van der Waals surface area contributed by atoms with Crippen LogP contribution in [-0.4, -0.2) is 17.0 Å².